The van der Waals surface area contributed by atoms with E-state index in [4.69, 9.17) is 4.42 Å². The summed E-state index contributed by atoms with van der Waals surface area (Å²) in [7, 11) is 0. The fourth-order valence-electron chi connectivity index (χ4n) is 7.98. The molecule has 3 heteroatoms. The lowest BCUT2D eigenvalue weighted by molar-refractivity contribution is 0.660. The van der Waals surface area contributed by atoms with Gasteiger partial charge >= 0.3 is 0 Å². The lowest BCUT2D eigenvalue weighted by Gasteiger charge is -2.31. The standard InChI is InChI=1S/C45H36N2O/c1-5-11-41-28(2)29-12-10-13-30(24-29)38-25-31(20-23-42(38)46-41)47(33-19-22-37-36-15-7-9-17-43(36)48-44(37)27-33)32-18-21-35-34-14-6-8-16-39(34)45(3,4)40(35)26-32/h5-12,14-27,30,46H,1-2,13H2,3-4H3/b41-11+. The third kappa shape index (κ3) is 4.28. The summed E-state index contributed by atoms with van der Waals surface area (Å²) in [6.07, 6.45) is 11.6. The van der Waals surface area contributed by atoms with Gasteiger partial charge < -0.3 is 14.6 Å². The van der Waals surface area contributed by atoms with Gasteiger partial charge in [-0.15, -0.1) is 0 Å². The summed E-state index contributed by atoms with van der Waals surface area (Å²) in [5.41, 5.74) is 15.7. The van der Waals surface area contributed by atoms with Gasteiger partial charge in [-0.3, -0.25) is 0 Å². The molecule has 0 spiro atoms. The van der Waals surface area contributed by atoms with Crippen LogP contribution in [0.15, 0.2) is 168 Å². The molecule has 5 aromatic carbocycles. The van der Waals surface area contributed by atoms with Crippen molar-refractivity contribution in [1.29, 1.82) is 0 Å². The average molecular weight is 621 g/mol. The monoisotopic (exact) mass is 620 g/mol. The molecule has 0 fully saturated rings. The number of fused-ring (bicyclic) bond motifs is 9. The van der Waals surface area contributed by atoms with E-state index in [2.05, 4.69) is 146 Å². The fraction of sp³-hybridized carbons (Fsp3) is 0.111. The van der Waals surface area contributed by atoms with Crippen molar-refractivity contribution < 1.29 is 4.42 Å². The molecule has 1 atom stereocenters. The molecule has 0 radical (unpaired) electrons. The Morgan fingerprint density at radius 2 is 1.52 bits per heavy atom. The van der Waals surface area contributed by atoms with Crippen LogP contribution in [-0.4, -0.2) is 0 Å². The zero-order valence-corrected chi connectivity index (χ0v) is 27.3. The van der Waals surface area contributed by atoms with Gasteiger partial charge in [0, 0.05) is 56.6 Å². The molecule has 2 bridgehead atoms. The van der Waals surface area contributed by atoms with E-state index in [9.17, 15) is 0 Å². The zero-order valence-electron chi connectivity index (χ0n) is 27.3. The predicted molar refractivity (Wildman–Crippen MR) is 202 cm³/mol. The maximum absolute atomic E-state index is 6.41. The third-order valence-corrected chi connectivity index (χ3v) is 10.4. The number of benzene rings is 5. The van der Waals surface area contributed by atoms with E-state index < -0.39 is 0 Å². The Morgan fingerprint density at radius 1 is 0.792 bits per heavy atom. The van der Waals surface area contributed by atoms with Crippen LogP contribution in [0.25, 0.3) is 33.1 Å². The van der Waals surface area contributed by atoms with E-state index in [0.717, 1.165) is 68.0 Å². The highest BCUT2D eigenvalue weighted by Crippen LogP contribution is 2.51. The minimum atomic E-state index is -0.113. The van der Waals surface area contributed by atoms with E-state index in [1.54, 1.807) is 0 Å². The first-order valence-electron chi connectivity index (χ1n) is 16.7. The van der Waals surface area contributed by atoms with Crippen LogP contribution >= 0.6 is 0 Å². The number of hydrogen-bond donors (Lipinski definition) is 1. The molecule has 6 aromatic rings. The second kappa shape index (κ2) is 10.6. The smallest absolute Gasteiger partial charge is 0.137 e. The topological polar surface area (TPSA) is 28.4 Å². The Labute approximate surface area is 281 Å². The molecular formula is C45H36N2O. The van der Waals surface area contributed by atoms with Gasteiger partial charge in [0.05, 0.1) is 0 Å². The van der Waals surface area contributed by atoms with E-state index in [-0.39, 0.29) is 11.3 Å². The molecule has 1 unspecified atom stereocenters. The van der Waals surface area contributed by atoms with Gasteiger partial charge in [0.15, 0.2) is 0 Å². The Balaban J connectivity index is 1.25. The number of rotatable bonds is 4. The number of nitrogens with zero attached hydrogens (tertiary/aromatic N) is 1. The Bertz CT molecular complexity index is 2430. The highest BCUT2D eigenvalue weighted by atomic mass is 16.3. The van der Waals surface area contributed by atoms with Crippen LogP contribution in [0.2, 0.25) is 0 Å². The summed E-state index contributed by atoms with van der Waals surface area (Å²) in [6.45, 7) is 13.1. The first-order chi connectivity index (χ1) is 23.4. The number of anilines is 4. The molecule has 0 saturated heterocycles. The van der Waals surface area contributed by atoms with Crippen molar-refractivity contribution in [2.75, 3.05) is 10.2 Å². The summed E-state index contributed by atoms with van der Waals surface area (Å²) in [5.74, 6) is 0.225. The van der Waals surface area contributed by atoms with Crippen molar-refractivity contribution in [2.24, 2.45) is 0 Å². The van der Waals surface area contributed by atoms with Crippen LogP contribution < -0.4 is 10.2 Å². The van der Waals surface area contributed by atoms with Crippen LogP contribution in [-0.2, 0) is 5.41 Å². The van der Waals surface area contributed by atoms with Crippen molar-refractivity contribution in [1.82, 2.24) is 0 Å². The summed E-state index contributed by atoms with van der Waals surface area (Å²) in [6, 6.07) is 37.5. The van der Waals surface area contributed by atoms with Gasteiger partial charge in [0.25, 0.3) is 0 Å². The maximum Gasteiger partial charge on any atom is 0.137 e. The molecule has 0 saturated carbocycles. The van der Waals surface area contributed by atoms with Crippen molar-refractivity contribution in [3.05, 3.63) is 180 Å². The average Bonchev–Trinajstić information content (AvgIpc) is 3.59. The molecule has 1 N–H and O–H groups in total. The van der Waals surface area contributed by atoms with Crippen LogP contribution in [0.5, 0.6) is 0 Å². The van der Waals surface area contributed by atoms with E-state index in [1.807, 2.05) is 24.3 Å². The third-order valence-electron chi connectivity index (χ3n) is 10.4. The Hall–Kier alpha value is -5.80. The van der Waals surface area contributed by atoms with Crippen LogP contribution in [0.4, 0.5) is 22.7 Å². The summed E-state index contributed by atoms with van der Waals surface area (Å²) < 4.78 is 6.41. The SMILES string of the molecule is C=C/C=C1/Nc2ccc(N(c3ccc4c(c3)C(C)(C)c3ccccc3-4)c3ccc4c(c3)oc3ccccc34)cc2C2C=C(C=CC2)C1=C. The number of furan rings is 1. The highest BCUT2D eigenvalue weighted by Gasteiger charge is 2.36. The largest absolute Gasteiger partial charge is 0.456 e. The summed E-state index contributed by atoms with van der Waals surface area (Å²) >= 11 is 0. The molecule has 3 aliphatic rings. The van der Waals surface area contributed by atoms with Crippen molar-refractivity contribution in [3.8, 4) is 11.1 Å². The summed E-state index contributed by atoms with van der Waals surface area (Å²) in [5, 5.41) is 5.95. The normalized spacial score (nSPS) is 18.0. The quantitative estimate of drug-likeness (QED) is 0.213. The minimum Gasteiger partial charge on any atom is -0.456 e. The predicted octanol–water partition coefficient (Wildman–Crippen LogP) is 12.4. The number of para-hydroxylation sites is 1. The fourth-order valence-corrected chi connectivity index (χ4v) is 7.98. The molecule has 1 aliphatic heterocycles. The number of nitrogens with one attached hydrogen (secondary N) is 1. The molecule has 232 valence electrons. The lowest BCUT2D eigenvalue weighted by Crippen LogP contribution is -2.17. The minimum absolute atomic E-state index is 0.113. The second-order valence-corrected chi connectivity index (χ2v) is 13.6. The molecule has 2 heterocycles. The number of allylic oxidation sites excluding steroid dienone is 6. The Morgan fingerprint density at radius 3 is 2.42 bits per heavy atom. The van der Waals surface area contributed by atoms with Gasteiger partial charge in [0.1, 0.15) is 11.2 Å². The molecule has 0 amide bonds. The van der Waals surface area contributed by atoms with E-state index >= 15 is 0 Å². The van der Waals surface area contributed by atoms with E-state index in [0.29, 0.717) is 0 Å². The van der Waals surface area contributed by atoms with Crippen LogP contribution in [0, 0.1) is 0 Å². The van der Waals surface area contributed by atoms with Gasteiger partial charge in [-0.25, -0.2) is 0 Å². The lowest BCUT2D eigenvalue weighted by atomic mass is 9.82. The first kappa shape index (κ1) is 28.4. The van der Waals surface area contributed by atoms with Crippen molar-refractivity contribution in [3.63, 3.8) is 0 Å². The van der Waals surface area contributed by atoms with Gasteiger partial charge in [-0.2, -0.15) is 0 Å². The molecule has 48 heavy (non-hydrogen) atoms. The van der Waals surface area contributed by atoms with Crippen LogP contribution in [0.1, 0.15) is 42.9 Å². The highest BCUT2D eigenvalue weighted by molar-refractivity contribution is 6.06. The molecule has 1 aromatic heterocycles. The Kier molecular flexibility index (Phi) is 6.29. The van der Waals surface area contributed by atoms with Crippen LogP contribution in [0.3, 0.4) is 0 Å². The molecular weight excluding hydrogens is 585 g/mol. The number of hydrogen-bond acceptors (Lipinski definition) is 3. The van der Waals surface area contributed by atoms with Gasteiger partial charge in [-0.05, 0) is 100.0 Å². The van der Waals surface area contributed by atoms with E-state index in [1.165, 1.54) is 27.8 Å². The summed E-state index contributed by atoms with van der Waals surface area (Å²) in [4.78, 5) is 2.38. The molecule has 9 rings (SSSR count). The maximum atomic E-state index is 6.41. The van der Waals surface area contributed by atoms with Crippen molar-refractivity contribution in [2.45, 2.75) is 31.6 Å². The van der Waals surface area contributed by atoms with Gasteiger partial charge in [0.2, 0.25) is 0 Å². The molecule has 2 aliphatic carbocycles. The first-order valence-corrected chi connectivity index (χ1v) is 16.7. The van der Waals surface area contributed by atoms with Gasteiger partial charge in [-0.1, -0.05) is 99.8 Å². The zero-order chi connectivity index (χ0) is 32.6. The second-order valence-electron chi connectivity index (χ2n) is 13.6. The van der Waals surface area contributed by atoms with Crippen molar-refractivity contribution >= 4 is 44.7 Å². The molecule has 3 nitrogen and oxygen atoms in total.